The van der Waals surface area contributed by atoms with Crippen molar-refractivity contribution in [3.8, 4) is 0 Å². The van der Waals surface area contributed by atoms with Crippen LogP contribution in [0.1, 0.15) is 0 Å². The third-order valence-electron chi connectivity index (χ3n) is 3.24. The fourth-order valence-corrected chi connectivity index (χ4v) is 2.06. The zero-order valence-corrected chi connectivity index (χ0v) is 13.1. The van der Waals surface area contributed by atoms with E-state index in [1.54, 1.807) is 23.9 Å². The summed E-state index contributed by atoms with van der Waals surface area (Å²) in [5.74, 6) is 0.689. The number of hydrogen-bond donors (Lipinski definition) is 0. The molecule has 1 aromatic heterocycles. The van der Waals surface area contributed by atoms with Gasteiger partial charge in [0.15, 0.2) is 0 Å². The maximum atomic E-state index is 12.4. The second-order valence-electron chi connectivity index (χ2n) is 5.49. The number of pyridine rings is 1. The van der Waals surface area contributed by atoms with Crippen molar-refractivity contribution in [2.24, 2.45) is 0 Å². The lowest BCUT2D eigenvalue weighted by Crippen LogP contribution is -2.43. The number of fused-ring (bicyclic) bond motifs is 1. The molecule has 0 saturated carbocycles. The van der Waals surface area contributed by atoms with Crippen molar-refractivity contribution in [2.45, 2.75) is 0 Å². The molecule has 0 bridgehead atoms. The van der Waals surface area contributed by atoms with Crippen molar-refractivity contribution in [1.29, 1.82) is 0 Å². The van der Waals surface area contributed by atoms with Crippen LogP contribution in [0.2, 0.25) is 0 Å². The average Bonchev–Trinajstić information content (AvgIpc) is 2.46. The molecule has 0 unspecified atom stereocenters. The molecule has 0 fully saturated rings. The first-order chi connectivity index (χ1) is 9.99. The summed E-state index contributed by atoms with van der Waals surface area (Å²) in [6.45, 7) is 1.39. The highest BCUT2D eigenvalue weighted by atomic mass is 16.2. The lowest BCUT2D eigenvalue weighted by atomic mass is 10.2. The first-order valence-corrected chi connectivity index (χ1v) is 6.98. The van der Waals surface area contributed by atoms with Crippen LogP contribution in [0.5, 0.6) is 0 Å². The number of urea groups is 1. The number of rotatable bonds is 4. The van der Waals surface area contributed by atoms with E-state index < -0.39 is 0 Å². The van der Waals surface area contributed by atoms with E-state index in [1.807, 2.05) is 50.5 Å². The Kier molecular flexibility index (Phi) is 4.75. The molecule has 0 aliphatic heterocycles. The molecule has 1 aromatic carbocycles. The molecule has 2 amide bonds. The minimum absolute atomic E-state index is 0.0559. The molecule has 5 nitrogen and oxygen atoms in total. The third-order valence-corrected chi connectivity index (χ3v) is 3.24. The van der Waals surface area contributed by atoms with Gasteiger partial charge in [0.2, 0.25) is 0 Å². The lowest BCUT2D eigenvalue weighted by molar-refractivity contribution is 0.222. The maximum Gasteiger partial charge on any atom is 0.325 e. The molecule has 0 N–H and O–H groups in total. The molecule has 0 atom stereocenters. The van der Waals surface area contributed by atoms with E-state index >= 15 is 0 Å². The number of likely N-dealkylation sites (N-methyl/N-ethyl adjacent to an activating group) is 1. The Labute approximate surface area is 125 Å². The van der Waals surface area contributed by atoms with Gasteiger partial charge in [-0.1, -0.05) is 18.2 Å². The van der Waals surface area contributed by atoms with Gasteiger partial charge in [-0.15, -0.1) is 0 Å². The van der Waals surface area contributed by atoms with Gasteiger partial charge >= 0.3 is 6.03 Å². The van der Waals surface area contributed by atoms with Crippen molar-refractivity contribution >= 4 is 22.8 Å². The number of carbonyl (C=O) groups is 1. The minimum Gasteiger partial charge on any atom is -0.330 e. The molecule has 0 aliphatic carbocycles. The smallest absolute Gasteiger partial charge is 0.325 e. The van der Waals surface area contributed by atoms with Crippen LogP contribution < -0.4 is 4.90 Å². The topological polar surface area (TPSA) is 39.7 Å². The Balaban J connectivity index is 2.34. The summed E-state index contributed by atoms with van der Waals surface area (Å²) in [5, 5.41) is 1.08. The van der Waals surface area contributed by atoms with E-state index in [1.165, 1.54) is 0 Å². The van der Waals surface area contributed by atoms with Crippen LogP contribution in [-0.4, -0.2) is 62.1 Å². The van der Waals surface area contributed by atoms with E-state index in [9.17, 15) is 4.79 Å². The Bertz CT molecular complexity index is 624. The van der Waals surface area contributed by atoms with Gasteiger partial charge in [-0.2, -0.15) is 0 Å². The van der Waals surface area contributed by atoms with Crippen LogP contribution >= 0.6 is 0 Å². The van der Waals surface area contributed by atoms with E-state index in [4.69, 9.17) is 0 Å². The van der Waals surface area contributed by atoms with Gasteiger partial charge in [-0.3, -0.25) is 4.90 Å². The van der Waals surface area contributed by atoms with Gasteiger partial charge in [-0.05, 0) is 32.3 Å². The molecular weight excluding hydrogens is 264 g/mol. The van der Waals surface area contributed by atoms with E-state index in [-0.39, 0.29) is 6.03 Å². The lowest BCUT2D eigenvalue weighted by Gasteiger charge is -2.26. The second kappa shape index (κ2) is 6.54. The first kappa shape index (κ1) is 15.3. The second-order valence-corrected chi connectivity index (χ2v) is 5.49. The molecular formula is C16H22N4O. The number of aromatic nitrogens is 1. The van der Waals surface area contributed by atoms with Crippen LogP contribution in [0.15, 0.2) is 36.4 Å². The molecule has 0 radical (unpaired) electrons. The SMILES string of the molecule is CN(C)CCN(C(=O)N(C)C)c1ccc2ccccc2n1. The number of para-hydroxylation sites is 1. The average molecular weight is 286 g/mol. The van der Waals surface area contributed by atoms with Crippen molar-refractivity contribution in [1.82, 2.24) is 14.8 Å². The predicted molar refractivity (Wildman–Crippen MR) is 86.7 cm³/mol. The van der Waals surface area contributed by atoms with Gasteiger partial charge in [-0.25, -0.2) is 9.78 Å². The molecule has 0 saturated heterocycles. The third kappa shape index (κ3) is 3.70. The van der Waals surface area contributed by atoms with Crippen LogP contribution in [0.4, 0.5) is 10.6 Å². The number of benzene rings is 1. The summed E-state index contributed by atoms with van der Waals surface area (Å²) in [6.07, 6.45) is 0. The van der Waals surface area contributed by atoms with Crippen LogP contribution in [0, 0.1) is 0 Å². The quantitative estimate of drug-likeness (QED) is 0.865. The Morgan fingerprint density at radius 1 is 1.00 bits per heavy atom. The predicted octanol–water partition coefficient (Wildman–Crippen LogP) is 2.28. The van der Waals surface area contributed by atoms with E-state index in [2.05, 4.69) is 9.88 Å². The number of hydrogen-bond acceptors (Lipinski definition) is 3. The standard InChI is InChI=1S/C16H22N4O/c1-18(2)11-12-20(16(21)19(3)4)15-10-9-13-7-5-6-8-14(13)17-15/h5-10H,11-12H2,1-4H3. The molecule has 2 aromatic rings. The van der Waals surface area contributed by atoms with Gasteiger partial charge in [0.25, 0.3) is 0 Å². The molecule has 0 aliphatic rings. The molecule has 5 heteroatoms. The molecule has 2 rings (SSSR count). The first-order valence-electron chi connectivity index (χ1n) is 6.98. The molecule has 112 valence electrons. The summed E-state index contributed by atoms with van der Waals surface area (Å²) in [6, 6.07) is 11.8. The Hall–Kier alpha value is -2.14. The summed E-state index contributed by atoms with van der Waals surface area (Å²) in [7, 11) is 7.50. The van der Waals surface area contributed by atoms with Crippen molar-refractivity contribution < 1.29 is 4.79 Å². The Morgan fingerprint density at radius 2 is 1.71 bits per heavy atom. The largest absolute Gasteiger partial charge is 0.330 e. The van der Waals surface area contributed by atoms with Crippen molar-refractivity contribution in [3.63, 3.8) is 0 Å². The monoisotopic (exact) mass is 286 g/mol. The Morgan fingerprint density at radius 3 is 2.38 bits per heavy atom. The van der Waals surface area contributed by atoms with Gasteiger partial charge in [0.1, 0.15) is 5.82 Å². The van der Waals surface area contributed by atoms with Crippen LogP contribution in [0.25, 0.3) is 10.9 Å². The fourth-order valence-electron chi connectivity index (χ4n) is 2.06. The highest BCUT2D eigenvalue weighted by Gasteiger charge is 2.19. The molecule has 21 heavy (non-hydrogen) atoms. The van der Waals surface area contributed by atoms with Crippen molar-refractivity contribution in [2.75, 3.05) is 46.2 Å². The summed E-state index contributed by atoms with van der Waals surface area (Å²) < 4.78 is 0. The number of amides is 2. The molecule has 0 spiro atoms. The maximum absolute atomic E-state index is 12.4. The van der Waals surface area contributed by atoms with Crippen LogP contribution in [-0.2, 0) is 0 Å². The van der Waals surface area contributed by atoms with Gasteiger partial charge < -0.3 is 9.80 Å². The van der Waals surface area contributed by atoms with Crippen LogP contribution in [0.3, 0.4) is 0 Å². The van der Waals surface area contributed by atoms with E-state index in [0.29, 0.717) is 12.4 Å². The highest BCUT2D eigenvalue weighted by Crippen LogP contribution is 2.18. The highest BCUT2D eigenvalue weighted by molar-refractivity contribution is 5.92. The zero-order chi connectivity index (χ0) is 15.4. The van der Waals surface area contributed by atoms with Gasteiger partial charge in [0.05, 0.1) is 5.52 Å². The number of anilines is 1. The fraction of sp³-hybridized carbons (Fsp3) is 0.375. The summed E-state index contributed by atoms with van der Waals surface area (Å²) >= 11 is 0. The number of nitrogens with zero attached hydrogens (tertiary/aromatic N) is 4. The van der Waals surface area contributed by atoms with Crippen molar-refractivity contribution in [3.05, 3.63) is 36.4 Å². The summed E-state index contributed by atoms with van der Waals surface area (Å²) in [4.78, 5) is 22.3. The van der Waals surface area contributed by atoms with Gasteiger partial charge in [0, 0.05) is 32.6 Å². The normalized spacial score (nSPS) is 10.9. The van der Waals surface area contributed by atoms with E-state index in [0.717, 1.165) is 17.4 Å². The zero-order valence-electron chi connectivity index (χ0n) is 13.1. The summed E-state index contributed by atoms with van der Waals surface area (Å²) in [5.41, 5.74) is 0.899. The minimum atomic E-state index is -0.0559. The molecule has 1 heterocycles. The number of carbonyl (C=O) groups excluding carboxylic acids is 1.